The number of ether oxygens (including phenoxy) is 1. The molecule has 1 aliphatic heterocycles. The third kappa shape index (κ3) is 4.84. The summed E-state index contributed by atoms with van der Waals surface area (Å²) in [5, 5.41) is 6.26. The van der Waals surface area contributed by atoms with E-state index in [0.29, 0.717) is 11.7 Å². The molecule has 104 valence electrons. The summed E-state index contributed by atoms with van der Waals surface area (Å²) in [6, 6.07) is 7.52. The van der Waals surface area contributed by atoms with Gasteiger partial charge in [0.15, 0.2) is 6.61 Å². The molecule has 0 aliphatic carbocycles. The van der Waals surface area contributed by atoms with Crippen molar-refractivity contribution in [1.82, 2.24) is 10.6 Å². The fourth-order valence-electron chi connectivity index (χ4n) is 2.11. The van der Waals surface area contributed by atoms with Gasteiger partial charge in [0.1, 0.15) is 5.75 Å². The van der Waals surface area contributed by atoms with E-state index in [-0.39, 0.29) is 12.5 Å². The zero-order chi connectivity index (χ0) is 13.5. The quantitative estimate of drug-likeness (QED) is 0.869. The van der Waals surface area contributed by atoms with Crippen molar-refractivity contribution >= 4 is 21.8 Å². The third-order valence-corrected chi connectivity index (χ3v) is 3.84. The summed E-state index contributed by atoms with van der Waals surface area (Å²) in [6.07, 6.45) is 2.37. The molecule has 1 amide bonds. The first kappa shape index (κ1) is 14.3. The fourth-order valence-corrected chi connectivity index (χ4v) is 2.51. The van der Waals surface area contributed by atoms with Crippen LogP contribution < -0.4 is 15.4 Å². The van der Waals surface area contributed by atoms with Crippen LogP contribution in [0.1, 0.15) is 12.8 Å². The van der Waals surface area contributed by atoms with Crippen LogP contribution in [0.3, 0.4) is 0 Å². The largest absolute Gasteiger partial charge is 0.483 e. The minimum Gasteiger partial charge on any atom is -0.483 e. The van der Waals surface area contributed by atoms with Gasteiger partial charge in [-0.25, -0.2) is 0 Å². The smallest absolute Gasteiger partial charge is 0.257 e. The van der Waals surface area contributed by atoms with E-state index in [1.165, 1.54) is 12.8 Å². The number of nitrogens with one attached hydrogen (secondary N) is 2. The summed E-state index contributed by atoms with van der Waals surface area (Å²) in [6.45, 7) is 2.87. The standard InChI is InChI=1S/C14H19BrN2O2/c15-12-5-1-2-6-13(12)19-10-14(18)17-9-11-4-3-7-16-8-11/h1-2,5-6,11,16H,3-4,7-10H2,(H,17,18). The van der Waals surface area contributed by atoms with E-state index in [0.717, 1.165) is 24.1 Å². The third-order valence-electron chi connectivity index (χ3n) is 3.18. The maximum atomic E-state index is 11.7. The lowest BCUT2D eigenvalue weighted by Crippen LogP contribution is -2.39. The summed E-state index contributed by atoms with van der Waals surface area (Å²) in [5.41, 5.74) is 0. The Bertz CT molecular complexity index is 420. The highest BCUT2D eigenvalue weighted by Crippen LogP contribution is 2.23. The molecule has 2 rings (SSSR count). The first-order valence-corrected chi connectivity index (χ1v) is 7.40. The van der Waals surface area contributed by atoms with Crippen molar-refractivity contribution < 1.29 is 9.53 Å². The van der Waals surface area contributed by atoms with Crippen molar-refractivity contribution in [3.05, 3.63) is 28.7 Å². The Hall–Kier alpha value is -1.07. The van der Waals surface area contributed by atoms with Crippen molar-refractivity contribution in [1.29, 1.82) is 0 Å². The molecule has 2 N–H and O–H groups in total. The lowest BCUT2D eigenvalue weighted by Gasteiger charge is -2.22. The Labute approximate surface area is 122 Å². The summed E-state index contributed by atoms with van der Waals surface area (Å²) < 4.78 is 6.32. The monoisotopic (exact) mass is 326 g/mol. The highest BCUT2D eigenvalue weighted by Gasteiger charge is 2.14. The second kappa shape index (κ2) is 7.50. The number of hydrogen-bond acceptors (Lipinski definition) is 3. The topological polar surface area (TPSA) is 50.4 Å². The Balaban J connectivity index is 1.68. The van der Waals surface area contributed by atoms with E-state index in [9.17, 15) is 4.79 Å². The van der Waals surface area contributed by atoms with Crippen molar-refractivity contribution in [2.45, 2.75) is 12.8 Å². The van der Waals surface area contributed by atoms with Gasteiger partial charge in [-0.1, -0.05) is 12.1 Å². The number of benzene rings is 1. The highest BCUT2D eigenvalue weighted by atomic mass is 79.9. The van der Waals surface area contributed by atoms with E-state index >= 15 is 0 Å². The average molecular weight is 327 g/mol. The Kier molecular flexibility index (Phi) is 5.66. The number of carbonyl (C=O) groups excluding carboxylic acids is 1. The van der Waals surface area contributed by atoms with Crippen LogP contribution in [0.25, 0.3) is 0 Å². The van der Waals surface area contributed by atoms with Gasteiger partial charge in [-0.05, 0) is 59.9 Å². The number of carbonyl (C=O) groups is 1. The minimum atomic E-state index is -0.0682. The lowest BCUT2D eigenvalue weighted by atomic mass is 10.00. The molecule has 4 nitrogen and oxygen atoms in total. The van der Waals surface area contributed by atoms with Gasteiger partial charge in [-0.15, -0.1) is 0 Å². The van der Waals surface area contributed by atoms with Crippen LogP contribution in [-0.4, -0.2) is 32.1 Å². The molecule has 5 heteroatoms. The maximum absolute atomic E-state index is 11.7. The number of para-hydroxylation sites is 1. The molecule has 0 bridgehead atoms. The predicted octanol–water partition coefficient (Wildman–Crippen LogP) is 1.94. The summed E-state index contributed by atoms with van der Waals surface area (Å²) in [7, 11) is 0. The molecule has 0 saturated carbocycles. The second-order valence-corrected chi connectivity index (χ2v) is 5.59. The molecular weight excluding hydrogens is 308 g/mol. The van der Waals surface area contributed by atoms with Crippen molar-refractivity contribution in [2.75, 3.05) is 26.2 Å². The van der Waals surface area contributed by atoms with Gasteiger partial charge in [0.2, 0.25) is 0 Å². The van der Waals surface area contributed by atoms with E-state index in [1.54, 1.807) is 0 Å². The number of piperidine rings is 1. The minimum absolute atomic E-state index is 0.0583. The lowest BCUT2D eigenvalue weighted by molar-refractivity contribution is -0.123. The molecule has 1 fully saturated rings. The summed E-state index contributed by atoms with van der Waals surface area (Å²) in [4.78, 5) is 11.7. The zero-order valence-electron chi connectivity index (χ0n) is 10.8. The molecule has 0 radical (unpaired) electrons. The van der Waals surface area contributed by atoms with Gasteiger partial charge in [-0.2, -0.15) is 0 Å². The molecule has 1 aromatic rings. The van der Waals surface area contributed by atoms with Gasteiger partial charge in [0.05, 0.1) is 4.47 Å². The summed E-state index contributed by atoms with van der Waals surface area (Å²) >= 11 is 3.38. The first-order chi connectivity index (χ1) is 9.25. The molecule has 1 saturated heterocycles. The molecule has 1 heterocycles. The number of halogens is 1. The average Bonchev–Trinajstić information content (AvgIpc) is 2.45. The molecule has 1 unspecified atom stereocenters. The van der Waals surface area contributed by atoms with Gasteiger partial charge in [-0.3, -0.25) is 4.79 Å². The molecular formula is C14H19BrN2O2. The fraction of sp³-hybridized carbons (Fsp3) is 0.500. The predicted molar refractivity (Wildman–Crippen MR) is 78.2 cm³/mol. The zero-order valence-corrected chi connectivity index (χ0v) is 12.4. The van der Waals surface area contributed by atoms with Crippen LogP contribution in [0.5, 0.6) is 5.75 Å². The molecule has 1 atom stereocenters. The van der Waals surface area contributed by atoms with Crippen LogP contribution in [-0.2, 0) is 4.79 Å². The van der Waals surface area contributed by atoms with Crippen LogP contribution in [0.15, 0.2) is 28.7 Å². The summed E-state index contributed by atoms with van der Waals surface area (Å²) in [5.74, 6) is 1.17. The Morgan fingerprint density at radius 3 is 3.05 bits per heavy atom. The number of rotatable bonds is 5. The Morgan fingerprint density at radius 1 is 1.47 bits per heavy atom. The SMILES string of the molecule is O=C(COc1ccccc1Br)NCC1CCCNC1. The van der Waals surface area contributed by atoms with Crippen molar-refractivity contribution in [3.8, 4) is 5.75 Å². The van der Waals surface area contributed by atoms with Crippen molar-refractivity contribution in [3.63, 3.8) is 0 Å². The highest BCUT2D eigenvalue weighted by molar-refractivity contribution is 9.10. The number of hydrogen-bond donors (Lipinski definition) is 2. The molecule has 0 spiro atoms. The normalized spacial score (nSPS) is 18.9. The van der Waals surface area contributed by atoms with Crippen LogP contribution >= 0.6 is 15.9 Å². The van der Waals surface area contributed by atoms with Crippen LogP contribution in [0.4, 0.5) is 0 Å². The molecule has 1 aromatic carbocycles. The second-order valence-electron chi connectivity index (χ2n) is 4.74. The van der Waals surface area contributed by atoms with Gasteiger partial charge in [0, 0.05) is 6.54 Å². The van der Waals surface area contributed by atoms with Gasteiger partial charge in [0.25, 0.3) is 5.91 Å². The van der Waals surface area contributed by atoms with Crippen molar-refractivity contribution in [2.24, 2.45) is 5.92 Å². The Morgan fingerprint density at radius 2 is 2.32 bits per heavy atom. The van der Waals surface area contributed by atoms with E-state index in [4.69, 9.17) is 4.74 Å². The van der Waals surface area contributed by atoms with Crippen LogP contribution in [0.2, 0.25) is 0 Å². The van der Waals surface area contributed by atoms with Crippen LogP contribution in [0, 0.1) is 5.92 Å². The van der Waals surface area contributed by atoms with Gasteiger partial charge >= 0.3 is 0 Å². The first-order valence-electron chi connectivity index (χ1n) is 6.60. The molecule has 19 heavy (non-hydrogen) atoms. The van der Waals surface area contributed by atoms with E-state index in [1.807, 2.05) is 24.3 Å². The molecule has 1 aliphatic rings. The molecule has 0 aromatic heterocycles. The number of amides is 1. The maximum Gasteiger partial charge on any atom is 0.257 e. The van der Waals surface area contributed by atoms with E-state index < -0.39 is 0 Å². The van der Waals surface area contributed by atoms with Gasteiger partial charge < -0.3 is 15.4 Å². The van der Waals surface area contributed by atoms with E-state index in [2.05, 4.69) is 26.6 Å².